The van der Waals surface area contributed by atoms with Crippen LogP contribution in [0.4, 0.5) is 10.1 Å². The molecule has 0 radical (unpaired) electrons. The molecule has 1 N–H and O–H groups in total. The minimum absolute atomic E-state index is 0.0748. The van der Waals surface area contributed by atoms with Gasteiger partial charge >= 0.3 is 0 Å². The summed E-state index contributed by atoms with van der Waals surface area (Å²) in [6, 6.07) is 19.1. The van der Waals surface area contributed by atoms with Crippen LogP contribution in [0.1, 0.15) is 37.8 Å². The van der Waals surface area contributed by atoms with Crippen molar-refractivity contribution in [3.63, 3.8) is 0 Å². The van der Waals surface area contributed by atoms with Crippen LogP contribution in [0.25, 0.3) is 0 Å². The molecule has 0 aromatic heterocycles. The molecule has 42 heavy (non-hydrogen) atoms. The molecule has 0 fully saturated rings. The van der Waals surface area contributed by atoms with E-state index in [1.165, 1.54) is 23.1 Å². The number of nitrogens with one attached hydrogen (secondary N) is 1. The fourth-order valence-corrected chi connectivity index (χ4v) is 5.73. The number of sulfonamides is 1. The zero-order chi connectivity index (χ0) is 30.9. The van der Waals surface area contributed by atoms with E-state index in [4.69, 9.17) is 23.2 Å². The summed E-state index contributed by atoms with van der Waals surface area (Å²) >= 11 is 12.4. The van der Waals surface area contributed by atoms with Crippen molar-refractivity contribution in [3.8, 4) is 0 Å². The van der Waals surface area contributed by atoms with Crippen molar-refractivity contribution in [2.45, 2.75) is 45.7 Å². The van der Waals surface area contributed by atoms with Gasteiger partial charge in [-0.1, -0.05) is 85.6 Å². The van der Waals surface area contributed by atoms with Crippen molar-refractivity contribution in [2.24, 2.45) is 5.92 Å². The highest BCUT2D eigenvalue weighted by molar-refractivity contribution is 7.92. The van der Waals surface area contributed by atoms with E-state index >= 15 is 0 Å². The molecule has 0 aliphatic heterocycles. The van der Waals surface area contributed by atoms with Crippen LogP contribution in [0.2, 0.25) is 10.0 Å². The Morgan fingerprint density at radius 2 is 1.60 bits per heavy atom. The Hall–Kier alpha value is -3.14. The molecule has 226 valence electrons. The van der Waals surface area contributed by atoms with Crippen LogP contribution in [0.5, 0.6) is 0 Å². The molecule has 0 saturated heterocycles. The summed E-state index contributed by atoms with van der Waals surface area (Å²) in [6.45, 7) is 4.35. The summed E-state index contributed by atoms with van der Waals surface area (Å²) in [5.41, 5.74) is 1.46. The van der Waals surface area contributed by atoms with Gasteiger partial charge in [-0.05, 0) is 47.7 Å². The first-order valence-corrected chi connectivity index (χ1v) is 16.2. The minimum Gasteiger partial charge on any atom is -0.354 e. The van der Waals surface area contributed by atoms with E-state index in [1.54, 1.807) is 24.3 Å². The number of carbonyl (C=O) groups is 2. The largest absolute Gasteiger partial charge is 0.354 e. The number of anilines is 1. The quantitative estimate of drug-likeness (QED) is 0.232. The van der Waals surface area contributed by atoms with Crippen molar-refractivity contribution >= 4 is 50.7 Å². The lowest BCUT2D eigenvalue weighted by atomic mass is 10.0. The third-order valence-electron chi connectivity index (χ3n) is 6.57. The minimum atomic E-state index is -3.82. The molecule has 1 atom stereocenters. The molecule has 0 saturated carbocycles. The molecular formula is C31H36Cl2FN3O4S. The Morgan fingerprint density at radius 1 is 0.929 bits per heavy atom. The zero-order valence-electron chi connectivity index (χ0n) is 23.9. The first-order valence-electron chi connectivity index (χ1n) is 13.6. The third kappa shape index (κ3) is 9.71. The number of hydrogen-bond donors (Lipinski definition) is 1. The number of halogens is 3. The Morgan fingerprint density at radius 3 is 2.21 bits per heavy atom. The highest BCUT2D eigenvalue weighted by Crippen LogP contribution is 2.25. The number of amides is 2. The van der Waals surface area contributed by atoms with Gasteiger partial charge in [0, 0.05) is 32.5 Å². The SMILES string of the molecule is CC(C)CNC(=O)[C@H](Cc1ccccc1)N(Cc1ccc(Cl)c(Cl)c1)C(=O)CCCN(c1ccccc1F)S(C)(=O)=O. The third-order valence-corrected chi connectivity index (χ3v) is 8.48. The molecule has 0 aliphatic rings. The highest BCUT2D eigenvalue weighted by atomic mass is 35.5. The van der Waals surface area contributed by atoms with Crippen LogP contribution in [-0.2, 0) is 32.6 Å². The van der Waals surface area contributed by atoms with Crippen LogP contribution in [-0.4, -0.2) is 50.5 Å². The van der Waals surface area contributed by atoms with Crippen molar-refractivity contribution in [1.29, 1.82) is 0 Å². The summed E-state index contributed by atoms with van der Waals surface area (Å²) in [5.74, 6) is -1.14. The van der Waals surface area contributed by atoms with Crippen molar-refractivity contribution in [3.05, 3.63) is 99.8 Å². The van der Waals surface area contributed by atoms with Gasteiger partial charge in [0.25, 0.3) is 0 Å². The maximum absolute atomic E-state index is 14.5. The average Bonchev–Trinajstić information content (AvgIpc) is 2.94. The topological polar surface area (TPSA) is 86.8 Å². The number of nitrogens with zero attached hydrogens (tertiary/aromatic N) is 2. The standard InChI is InChI=1S/C31H36Cl2FN3O4S/c1-22(2)20-35-31(39)29(19-23-10-5-4-6-11-23)36(21-24-15-16-25(32)26(33)18-24)30(38)14-9-17-37(42(3,40)41)28-13-8-7-12-27(28)34/h4-8,10-13,15-16,18,22,29H,9,14,17,19-21H2,1-3H3,(H,35,39)/t29-/m0/s1. The fraction of sp³-hybridized carbons (Fsp3) is 0.355. The van der Waals surface area contributed by atoms with E-state index in [1.807, 2.05) is 44.2 Å². The number of hydrogen-bond acceptors (Lipinski definition) is 4. The first kappa shape index (κ1) is 33.4. The predicted octanol–water partition coefficient (Wildman–Crippen LogP) is 6.09. The van der Waals surface area contributed by atoms with Gasteiger partial charge in [0.2, 0.25) is 21.8 Å². The smallest absolute Gasteiger partial charge is 0.243 e. The number of para-hydroxylation sites is 1. The predicted molar refractivity (Wildman–Crippen MR) is 167 cm³/mol. The van der Waals surface area contributed by atoms with Gasteiger partial charge in [-0.25, -0.2) is 12.8 Å². The lowest BCUT2D eigenvalue weighted by Gasteiger charge is -2.32. The van der Waals surface area contributed by atoms with Crippen LogP contribution >= 0.6 is 23.2 Å². The molecule has 0 aliphatic carbocycles. The second-order valence-corrected chi connectivity index (χ2v) is 13.2. The average molecular weight is 637 g/mol. The zero-order valence-corrected chi connectivity index (χ0v) is 26.2. The molecular weight excluding hydrogens is 600 g/mol. The fourth-order valence-electron chi connectivity index (χ4n) is 4.45. The Bertz CT molecular complexity index is 1470. The van der Waals surface area contributed by atoms with E-state index in [0.717, 1.165) is 16.1 Å². The summed E-state index contributed by atoms with van der Waals surface area (Å²) < 4.78 is 40.4. The Balaban J connectivity index is 1.91. The second-order valence-electron chi connectivity index (χ2n) is 10.5. The van der Waals surface area contributed by atoms with Gasteiger partial charge in [-0.3, -0.25) is 13.9 Å². The van der Waals surface area contributed by atoms with E-state index in [-0.39, 0.29) is 55.8 Å². The molecule has 11 heteroatoms. The van der Waals surface area contributed by atoms with Gasteiger partial charge in [-0.2, -0.15) is 0 Å². The molecule has 7 nitrogen and oxygen atoms in total. The van der Waals surface area contributed by atoms with Gasteiger partial charge in [-0.15, -0.1) is 0 Å². The van der Waals surface area contributed by atoms with Gasteiger partial charge in [0.1, 0.15) is 11.9 Å². The summed E-state index contributed by atoms with van der Waals surface area (Å²) in [5, 5.41) is 3.64. The number of benzene rings is 3. The lowest BCUT2D eigenvalue weighted by Crippen LogP contribution is -2.51. The van der Waals surface area contributed by atoms with Crippen LogP contribution < -0.4 is 9.62 Å². The molecule has 3 aromatic rings. The molecule has 0 heterocycles. The summed E-state index contributed by atoms with van der Waals surface area (Å²) in [6.07, 6.45) is 1.28. The number of carbonyl (C=O) groups excluding carboxylic acids is 2. The van der Waals surface area contributed by atoms with E-state index in [0.29, 0.717) is 22.2 Å². The molecule has 0 bridgehead atoms. The Labute approximate surface area is 257 Å². The molecule has 0 spiro atoms. The molecule has 3 aromatic carbocycles. The summed E-state index contributed by atoms with van der Waals surface area (Å²) in [4.78, 5) is 28.9. The van der Waals surface area contributed by atoms with Crippen LogP contribution in [0.3, 0.4) is 0 Å². The normalized spacial score (nSPS) is 12.2. The summed E-state index contributed by atoms with van der Waals surface area (Å²) in [7, 11) is -3.82. The van der Waals surface area contributed by atoms with Crippen molar-refractivity contribution in [2.75, 3.05) is 23.7 Å². The van der Waals surface area contributed by atoms with Crippen LogP contribution in [0.15, 0.2) is 72.8 Å². The van der Waals surface area contributed by atoms with E-state index in [9.17, 15) is 22.4 Å². The first-order chi connectivity index (χ1) is 19.9. The highest BCUT2D eigenvalue weighted by Gasteiger charge is 2.31. The lowest BCUT2D eigenvalue weighted by molar-refractivity contribution is -0.141. The molecule has 0 unspecified atom stereocenters. The maximum Gasteiger partial charge on any atom is 0.243 e. The Kier molecular flexibility index (Phi) is 12.2. The monoisotopic (exact) mass is 635 g/mol. The van der Waals surface area contributed by atoms with Gasteiger partial charge in [0.15, 0.2) is 0 Å². The maximum atomic E-state index is 14.5. The van der Waals surface area contributed by atoms with Gasteiger partial charge in [0.05, 0.1) is 22.0 Å². The second kappa shape index (κ2) is 15.4. The van der Waals surface area contributed by atoms with Gasteiger partial charge < -0.3 is 10.2 Å². The van der Waals surface area contributed by atoms with Crippen LogP contribution in [0, 0.1) is 11.7 Å². The van der Waals surface area contributed by atoms with E-state index in [2.05, 4.69) is 5.32 Å². The van der Waals surface area contributed by atoms with E-state index < -0.39 is 21.9 Å². The molecule has 3 rings (SSSR count). The van der Waals surface area contributed by atoms with Crippen molar-refractivity contribution < 1.29 is 22.4 Å². The number of rotatable bonds is 14. The molecule has 2 amide bonds. The van der Waals surface area contributed by atoms with Crippen molar-refractivity contribution in [1.82, 2.24) is 10.2 Å².